The van der Waals surface area contributed by atoms with Crippen LogP contribution in [0.25, 0.3) is 0 Å². The van der Waals surface area contributed by atoms with Crippen molar-refractivity contribution >= 4 is 33.2 Å². The van der Waals surface area contributed by atoms with Crippen LogP contribution in [0.3, 0.4) is 0 Å². The van der Waals surface area contributed by atoms with Gasteiger partial charge >= 0.3 is 0 Å². The molecule has 2 atom stereocenters. The van der Waals surface area contributed by atoms with Crippen LogP contribution >= 0.6 is 11.6 Å². The Hall–Kier alpha value is -1.45. The number of carbonyl (C=O) groups excluding carboxylic acids is 1. The Kier molecular flexibility index (Phi) is 5.76. The van der Waals surface area contributed by atoms with Crippen molar-refractivity contribution < 1.29 is 13.2 Å². The summed E-state index contributed by atoms with van der Waals surface area (Å²) in [6.45, 7) is 4.37. The van der Waals surface area contributed by atoms with Gasteiger partial charge < -0.3 is 9.80 Å². The summed E-state index contributed by atoms with van der Waals surface area (Å²) in [6.07, 6.45) is 2.55. The maximum Gasteiger partial charge on any atom is 0.227 e. The van der Waals surface area contributed by atoms with Gasteiger partial charge in [0, 0.05) is 45.3 Å². The van der Waals surface area contributed by atoms with Gasteiger partial charge in [0.2, 0.25) is 5.91 Å². The Morgan fingerprint density at radius 2 is 1.86 bits per heavy atom. The minimum atomic E-state index is -2.87. The van der Waals surface area contributed by atoms with Gasteiger partial charge in [-0.3, -0.25) is 9.69 Å². The van der Waals surface area contributed by atoms with Gasteiger partial charge in [0.1, 0.15) is 0 Å². The molecule has 0 aliphatic carbocycles. The van der Waals surface area contributed by atoms with E-state index in [0.717, 1.165) is 44.7 Å². The third-order valence-electron chi connectivity index (χ3n) is 6.06. The van der Waals surface area contributed by atoms with Gasteiger partial charge in [-0.05, 0) is 31.4 Å². The van der Waals surface area contributed by atoms with Crippen molar-refractivity contribution in [2.75, 3.05) is 55.7 Å². The number of hydrogen-bond donors (Lipinski definition) is 0. The fourth-order valence-corrected chi connectivity index (χ4v) is 6.36. The van der Waals surface area contributed by atoms with Gasteiger partial charge in [-0.15, -0.1) is 10.2 Å². The Morgan fingerprint density at radius 1 is 1.07 bits per heavy atom. The number of amides is 1. The SMILES string of the molecule is O=C([C@@H]1CCCN(c2ccc(Cl)nn2)C1)N1CCN([C@H]2CCS(=O)(=O)C2)CC1. The summed E-state index contributed by atoms with van der Waals surface area (Å²) >= 11 is 5.82. The molecule has 3 saturated heterocycles. The van der Waals surface area contributed by atoms with E-state index in [1.54, 1.807) is 6.07 Å². The maximum absolute atomic E-state index is 13.0. The van der Waals surface area contributed by atoms with Crippen LogP contribution in [0.5, 0.6) is 0 Å². The molecule has 3 aliphatic heterocycles. The van der Waals surface area contributed by atoms with E-state index in [2.05, 4.69) is 20.0 Å². The first-order chi connectivity index (χ1) is 13.4. The van der Waals surface area contributed by atoms with Gasteiger partial charge in [-0.2, -0.15) is 0 Å². The molecule has 0 saturated carbocycles. The number of anilines is 1. The van der Waals surface area contributed by atoms with Crippen LogP contribution in [0.2, 0.25) is 5.15 Å². The molecule has 10 heteroatoms. The summed E-state index contributed by atoms with van der Waals surface area (Å²) in [4.78, 5) is 19.3. The molecule has 0 unspecified atom stereocenters. The van der Waals surface area contributed by atoms with Crippen LogP contribution in [-0.2, 0) is 14.6 Å². The van der Waals surface area contributed by atoms with E-state index < -0.39 is 9.84 Å². The number of halogens is 1. The highest BCUT2D eigenvalue weighted by atomic mass is 35.5. The lowest BCUT2D eigenvalue weighted by Gasteiger charge is -2.40. The molecule has 154 valence electrons. The van der Waals surface area contributed by atoms with E-state index in [4.69, 9.17) is 11.6 Å². The minimum Gasteiger partial charge on any atom is -0.354 e. The highest BCUT2D eigenvalue weighted by Gasteiger charge is 2.36. The van der Waals surface area contributed by atoms with Crippen molar-refractivity contribution in [1.82, 2.24) is 20.0 Å². The second kappa shape index (κ2) is 8.12. The second-order valence-corrected chi connectivity index (χ2v) is 10.5. The van der Waals surface area contributed by atoms with E-state index in [9.17, 15) is 13.2 Å². The lowest BCUT2D eigenvalue weighted by atomic mass is 9.96. The lowest BCUT2D eigenvalue weighted by Crippen LogP contribution is -2.54. The summed E-state index contributed by atoms with van der Waals surface area (Å²) in [7, 11) is -2.87. The summed E-state index contributed by atoms with van der Waals surface area (Å²) in [6, 6.07) is 3.69. The fourth-order valence-electron chi connectivity index (χ4n) is 4.49. The third kappa shape index (κ3) is 4.41. The van der Waals surface area contributed by atoms with E-state index >= 15 is 0 Å². The van der Waals surface area contributed by atoms with Gasteiger partial charge in [-0.25, -0.2) is 8.42 Å². The van der Waals surface area contributed by atoms with Crippen LogP contribution in [0.15, 0.2) is 12.1 Å². The number of sulfone groups is 1. The predicted octanol–water partition coefficient (Wildman–Crippen LogP) is 0.678. The molecule has 28 heavy (non-hydrogen) atoms. The Labute approximate surface area is 170 Å². The number of hydrogen-bond acceptors (Lipinski definition) is 7. The predicted molar refractivity (Wildman–Crippen MR) is 107 cm³/mol. The first kappa shape index (κ1) is 19.8. The molecule has 3 aliphatic rings. The standard InChI is InChI=1S/C18H26ClN5O3S/c19-16-3-4-17(21-20-16)24-6-1-2-14(12-24)18(25)23-9-7-22(8-10-23)15-5-11-28(26,27)13-15/h3-4,14-15H,1-2,5-13H2/t14-,15+/m1/s1. The maximum atomic E-state index is 13.0. The number of piperazine rings is 1. The molecule has 0 bridgehead atoms. The van der Waals surface area contributed by atoms with Gasteiger partial charge in [-0.1, -0.05) is 11.6 Å². The number of aromatic nitrogens is 2. The first-order valence-electron chi connectivity index (χ1n) is 9.89. The van der Waals surface area contributed by atoms with Gasteiger partial charge in [0.05, 0.1) is 17.4 Å². The van der Waals surface area contributed by atoms with Crippen molar-refractivity contribution in [3.05, 3.63) is 17.3 Å². The molecule has 4 rings (SSSR count). The summed E-state index contributed by atoms with van der Waals surface area (Å²) in [5, 5.41) is 8.40. The molecule has 0 spiro atoms. The molecular formula is C18H26ClN5O3S. The smallest absolute Gasteiger partial charge is 0.227 e. The molecule has 8 nitrogen and oxygen atoms in total. The number of rotatable bonds is 3. The van der Waals surface area contributed by atoms with Crippen LogP contribution < -0.4 is 4.90 Å². The van der Waals surface area contributed by atoms with E-state index in [0.29, 0.717) is 30.5 Å². The largest absolute Gasteiger partial charge is 0.354 e. The summed E-state index contributed by atoms with van der Waals surface area (Å²) in [5.74, 6) is 1.48. The number of nitrogens with zero attached hydrogens (tertiary/aromatic N) is 5. The number of carbonyl (C=O) groups is 1. The fraction of sp³-hybridized carbons (Fsp3) is 0.722. The van der Waals surface area contributed by atoms with Crippen molar-refractivity contribution in [3.8, 4) is 0 Å². The van der Waals surface area contributed by atoms with Gasteiger partial charge in [0.15, 0.2) is 20.8 Å². The summed E-state index contributed by atoms with van der Waals surface area (Å²) in [5.41, 5.74) is 0. The molecule has 1 aromatic heterocycles. The monoisotopic (exact) mass is 427 g/mol. The molecular weight excluding hydrogens is 402 g/mol. The van der Waals surface area contributed by atoms with Crippen LogP contribution in [0.4, 0.5) is 5.82 Å². The van der Waals surface area contributed by atoms with E-state index in [1.165, 1.54) is 0 Å². The third-order valence-corrected chi connectivity index (χ3v) is 8.02. The zero-order valence-corrected chi connectivity index (χ0v) is 17.4. The normalized spacial score (nSPS) is 28.5. The second-order valence-electron chi connectivity index (χ2n) is 7.92. The van der Waals surface area contributed by atoms with Gasteiger partial charge in [0.25, 0.3) is 0 Å². The van der Waals surface area contributed by atoms with E-state index in [-0.39, 0.29) is 23.6 Å². The molecule has 3 fully saturated rings. The molecule has 1 amide bonds. The average molecular weight is 428 g/mol. The Balaban J connectivity index is 1.31. The minimum absolute atomic E-state index is 0.0374. The molecule has 4 heterocycles. The highest BCUT2D eigenvalue weighted by molar-refractivity contribution is 7.91. The van der Waals surface area contributed by atoms with E-state index in [1.807, 2.05) is 11.0 Å². The van der Waals surface area contributed by atoms with Crippen LogP contribution in [0.1, 0.15) is 19.3 Å². The highest BCUT2D eigenvalue weighted by Crippen LogP contribution is 2.25. The van der Waals surface area contributed by atoms with Crippen LogP contribution in [0, 0.1) is 5.92 Å². The van der Waals surface area contributed by atoms with Crippen LogP contribution in [-0.4, -0.2) is 91.1 Å². The zero-order valence-electron chi connectivity index (χ0n) is 15.8. The van der Waals surface area contributed by atoms with Crippen molar-refractivity contribution in [2.45, 2.75) is 25.3 Å². The number of piperidine rings is 1. The lowest BCUT2D eigenvalue weighted by molar-refractivity contribution is -0.137. The first-order valence-corrected chi connectivity index (χ1v) is 12.1. The van der Waals surface area contributed by atoms with Crippen molar-refractivity contribution in [2.24, 2.45) is 5.92 Å². The molecule has 0 aromatic carbocycles. The molecule has 0 radical (unpaired) electrons. The molecule has 1 aromatic rings. The quantitative estimate of drug-likeness (QED) is 0.700. The Bertz CT molecular complexity index is 811. The average Bonchev–Trinajstić information content (AvgIpc) is 3.08. The molecule has 0 N–H and O–H groups in total. The topological polar surface area (TPSA) is 86.7 Å². The zero-order chi connectivity index (χ0) is 19.7. The summed E-state index contributed by atoms with van der Waals surface area (Å²) < 4.78 is 23.4. The van der Waals surface area contributed by atoms with Crippen molar-refractivity contribution in [3.63, 3.8) is 0 Å². The van der Waals surface area contributed by atoms with Crippen molar-refractivity contribution in [1.29, 1.82) is 0 Å². The Morgan fingerprint density at radius 3 is 2.50 bits per heavy atom.